The van der Waals surface area contributed by atoms with Crippen LogP contribution in [0.25, 0.3) is 0 Å². The minimum Gasteiger partial charge on any atom is -0.347 e. The van der Waals surface area contributed by atoms with Gasteiger partial charge in [-0.1, -0.05) is 0 Å². The lowest BCUT2D eigenvalue weighted by atomic mass is 10.3. The molecule has 0 unspecified atom stereocenters. The molecule has 2 heterocycles. The number of thiophene rings is 1. The van der Waals surface area contributed by atoms with Crippen LogP contribution in [-0.4, -0.2) is 30.1 Å². The van der Waals surface area contributed by atoms with Crippen LogP contribution >= 0.6 is 11.3 Å². The second kappa shape index (κ2) is 6.33. The van der Waals surface area contributed by atoms with Crippen molar-refractivity contribution in [1.29, 1.82) is 0 Å². The highest BCUT2D eigenvalue weighted by Gasteiger charge is 2.06. The summed E-state index contributed by atoms with van der Waals surface area (Å²) in [5, 5.41) is 8.26. The van der Waals surface area contributed by atoms with Crippen molar-refractivity contribution in [2.24, 2.45) is 0 Å². The van der Waals surface area contributed by atoms with E-state index in [1.807, 2.05) is 49.5 Å². The summed E-state index contributed by atoms with van der Waals surface area (Å²) in [5.74, 6) is 0.639. The molecule has 0 saturated carbocycles. The summed E-state index contributed by atoms with van der Waals surface area (Å²) >= 11 is 1.48. The van der Waals surface area contributed by atoms with Crippen molar-refractivity contribution in [3.8, 4) is 0 Å². The highest BCUT2D eigenvalue weighted by Crippen LogP contribution is 2.14. The first-order chi connectivity index (χ1) is 9.54. The van der Waals surface area contributed by atoms with Crippen LogP contribution in [0.15, 0.2) is 23.6 Å². The first kappa shape index (κ1) is 14.3. The molecule has 0 aliphatic heterocycles. The molecule has 0 aromatic carbocycles. The van der Waals surface area contributed by atoms with Crippen LogP contribution in [0.4, 0.5) is 15.7 Å². The van der Waals surface area contributed by atoms with E-state index in [1.165, 1.54) is 11.3 Å². The van der Waals surface area contributed by atoms with E-state index < -0.39 is 0 Å². The molecule has 0 atom stereocenters. The summed E-state index contributed by atoms with van der Waals surface area (Å²) in [5.41, 5.74) is 1.65. The Kier molecular flexibility index (Phi) is 4.52. The monoisotopic (exact) mass is 291 g/mol. The molecule has 2 aromatic heterocycles. The fourth-order valence-corrected chi connectivity index (χ4v) is 2.20. The number of carbonyl (C=O) groups excluding carboxylic acids is 1. The standard InChI is InChI=1S/C13H17N5OS/c1-9-7-10(16-12(15-9)18(2)3)8-14-13(19)17-11-5-4-6-20-11/h4-7H,8H2,1-3H3,(H2,14,17,19). The molecule has 6 nitrogen and oxygen atoms in total. The molecule has 2 rings (SSSR count). The van der Waals surface area contributed by atoms with Crippen LogP contribution in [0, 0.1) is 6.92 Å². The predicted molar refractivity (Wildman–Crippen MR) is 81.3 cm³/mol. The zero-order valence-electron chi connectivity index (χ0n) is 11.7. The third kappa shape index (κ3) is 3.92. The number of nitrogens with zero attached hydrogens (tertiary/aromatic N) is 3. The van der Waals surface area contributed by atoms with Crippen LogP contribution in [0.3, 0.4) is 0 Å². The zero-order chi connectivity index (χ0) is 14.5. The van der Waals surface area contributed by atoms with Gasteiger partial charge in [0.15, 0.2) is 0 Å². The quantitative estimate of drug-likeness (QED) is 0.906. The maximum atomic E-state index is 11.7. The average Bonchev–Trinajstić information content (AvgIpc) is 2.88. The van der Waals surface area contributed by atoms with Gasteiger partial charge in [0, 0.05) is 19.8 Å². The van der Waals surface area contributed by atoms with E-state index >= 15 is 0 Å². The lowest BCUT2D eigenvalue weighted by molar-refractivity contribution is 0.251. The summed E-state index contributed by atoms with van der Waals surface area (Å²) in [6.07, 6.45) is 0. The van der Waals surface area contributed by atoms with E-state index in [4.69, 9.17) is 0 Å². The van der Waals surface area contributed by atoms with Crippen LogP contribution in [0.2, 0.25) is 0 Å². The fraction of sp³-hybridized carbons (Fsp3) is 0.308. The number of aryl methyl sites for hydroxylation is 1. The average molecular weight is 291 g/mol. The molecule has 2 N–H and O–H groups in total. The van der Waals surface area contributed by atoms with Gasteiger partial charge in [-0.05, 0) is 30.5 Å². The Morgan fingerprint density at radius 3 is 2.85 bits per heavy atom. The Labute approximate surface area is 121 Å². The first-order valence-electron chi connectivity index (χ1n) is 6.15. The van der Waals surface area contributed by atoms with Crippen molar-refractivity contribution < 1.29 is 4.79 Å². The number of urea groups is 1. The molecule has 2 amide bonds. The van der Waals surface area contributed by atoms with Gasteiger partial charge in [-0.3, -0.25) is 5.32 Å². The minimum atomic E-state index is -0.241. The Balaban J connectivity index is 1.95. The number of rotatable bonds is 4. The molecular formula is C13H17N5OS. The molecule has 20 heavy (non-hydrogen) atoms. The topological polar surface area (TPSA) is 70.2 Å². The molecule has 0 fully saturated rings. The highest BCUT2D eigenvalue weighted by molar-refractivity contribution is 7.14. The van der Waals surface area contributed by atoms with E-state index in [2.05, 4.69) is 20.6 Å². The summed E-state index contributed by atoms with van der Waals surface area (Å²) < 4.78 is 0. The van der Waals surface area contributed by atoms with E-state index in [9.17, 15) is 4.79 Å². The molecule has 0 radical (unpaired) electrons. The molecule has 0 bridgehead atoms. The van der Waals surface area contributed by atoms with Gasteiger partial charge in [-0.2, -0.15) is 0 Å². The summed E-state index contributed by atoms with van der Waals surface area (Å²) in [6.45, 7) is 2.27. The molecule has 0 spiro atoms. The Morgan fingerprint density at radius 2 is 2.20 bits per heavy atom. The normalized spacial score (nSPS) is 10.2. The van der Waals surface area contributed by atoms with Gasteiger partial charge in [0.1, 0.15) is 0 Å². The van der Waals surface area contributed by atoms with E-state index in [-0.39, 0.29) is 6.03 Å². The minimum absolute atomic E-state index is 0.241. The Bertz CT molecular complexity index is 582. The molecule has 0 aliphatic rings. The van der Waals surface area contributed by atoms with Gasteiger partial charge in [0.05, 0.1) is 17.2 Å². The van der Waals surface area contributed by atoms with Crippen molar-refractivity contribution in [2.75, 3.05) is 24.3 Å². The number of anilines is 2. The van der Waals surface area contributed by atoms with E-state index in [0.717, 1.165) is 16.4 Å². The summed E-state index contributed by atoms with van der Waals surface area (Å²) in [7, 11) is 3.77. The summed E-state index contributed by atoms with van der Waals surface area (Å²) in [4.78, 5) is 22.2. The lowest BCUT2D eigenvalue weighted by Gasteiger charge is -2.12. The number of nitrogens with one attached hydrogen (secondary N) is 2. The van der Waals surface area contributed by atoms with Crippen molar-refractivity contribution in [3.63, 3.8) is 0 Å². The van der Waals surface area contributed by atoms with Crippen LogP contribution in [0.5, 0.6) is 0 Å². The second-order valence-electron chi connectivity index (χ2n) is 4.48. The van der Waals surface area contributed by atoms with Gasteiger partial charge < -0.3 is 10.2 Å². The lowest BCUT2D eigenvalue weighted by Crippen LogP contribution is -2.28. The van der Waals surface area contributed by atoms with Gasteiger partial charge in [0.25, 0.3) is 0 Å². The third-order valence-corrected chi connectivity index (χ3v) is 3.27. The van der Waals surface area contributed by atoms with Crippen molar-refractivity contribution in [3.05, 3.63) is 35.0 Å². The predicted octanol–water partition coefficient (Wildman–Crippen LogP) is 2.23. The van der Waals surface area contributed by atoms with E-state index in [0.29, 0.717) is 12.5 Å². The van der Waals surface area contributed by atoms with Gasteiger partial charge in [-0.25, -0.2) is 14.8 Å². The van der Waals surface area contributed by atoms with E-state index in [1.54, 1.807) is 0 Å². The summed E-state index contributed by atoms with van der Waals surface area (Å²) in [6, 6.07) is 5.36. The van der Waals surface area contributed by atoms with Crippen LogP contribution < -0.4 is 15.5 Å². The smallest absolute Gasteiger partial charge is 0.320 e. The van der Waals surface area contributed by atoms with Crippen molar-refractivity contribution in [1.82, 2.24) is 15.3 Å². The fourth-order valence-electron chi connectivity index (χ4n) is 1.58. The first-order valence-corrected chi connectivity index (χ1v) is 7.03. The van der Waals surface area contributed by atoms with Crippen LogP contribution in [-0.2, 0) is 6.54 Å². The second-order valence-corrected chi connectivity index (χ2v) is 5.43. The molecule has 2 aromatic rings. The van der Waals surface area contributed by atoms with Crippen molar-refractivity contribution in [2.45, 2.75) is 13.5 Å². The van der Waals surface area contributed by atoms with Crippen LogP contribution in [0.1, 0.15) is 11.4 Å². The Hall–Kier alpha value is -2.15. The zero-order valence-corrected chi connectivity index (χ0v) is 12.5. The molecule has 0 saturated heterocycles. The SMILES string of the molecule is Cc1cc(CNC(=O)Nc2cccs2)nc(N(C)C)n1. The number of aromatic nitrogens is 2. The maximum Gasteiger partial charge on any atom is 0.320 e. The third-order valence-electron chi connectivity index (χ3n) is 2.48. The number of hydrogen-bond donors (Lipinski definition) is 2. The van der Waals surface area contributed by atoms with Crippen molar-refractivity contribution >= 4 is 28.3 Å². The number of hydrogen-bond acceptors (Lipinski definition) is 5. The molecule has 0 aliphatic carbocycles. The van der Waals surface area contributed by atoms with Gasteiger partial charge in [-0.15, -0.1) is 11.3 Å². The van der Waals surface area contributed by atoms with Gasteiger partial charge in [0.2, 0.25) is 5.95 Å². The molecule has 7 heteroatoms. The number of carbonyl (C=O) groups is 1. The van der Waals surface area contributed by atoms with Gasteiger partial charge >= 0.3 is 6.03 Å². The largest absolute Gasteiger partial charge is 0.347 e. The number of amides is 2. The maximum absolute atomic E-state index is 11.7. The molecular weight excluding hydrogens is 274 g/mol. The highest BCUT2D eigenvalue weighted by atomic mass is 32.1. The Morgan fingerprint density at radius 1 is 1.40 bits per heavy atom. The molecule has 106 valence electrons.